The van der Waals surface area contributed by atoms with Gasteiger partial charge in [-0.2, -0.15) is 0 Å². The molecule has 14 heteroatoms. The van der Waals surface area contributed by atoms with E-state index in [0.29, 0.717) is 70.0 Å². The van der Waals surface area contributed by atoms with E-state index in [4.69, 9.17) is 23.2 Å². The second-order valence-electron chi connectivity index (χ2n) is 13.6. The highest BCUT2D eigenvalue weighted by molar-refractivity contribution is 6.30. The third-order valence-corrected chi connectivity index (χ3v) is 10.6. The summed E-state index contributed by atoms with van der Waals surface area (Å²) in [5, 5.41) is 46.1. The number of benzene rings is 4. The molecular weight excluding hydrogens is 791 g/mol. The van der Waals surface area contributed by atoms with Crippen molar-refractivity contribution in [2.75, 3.05) is 13.1 Å². The molecule has 5 N–H and O–H groups in total. The van der Waals surface area contributed by atoms with E-state index < -0.39 is 11.9 Å². The molecule has 57 heavy (non-hydrogen) atoms. The highest BCUT2D eigenvalue weighted by Gasteiger charge is 2.27. The van der Waals surface area contributed by atoms with E-state index in [1.165, 1.54) is 12.5 Å². The van der Waals surface area contributed by atoms with Crippen LogP contribution in [0.5, 0.6) is 11.5 Å². The van der Waals surface area contributed by atoms with Crippen LogP contribution in [0.1, 0.15) is 79.8 Å². The Balaban J connectivity index is 0.000000211. The average molecular weight is 832 g/mol. The van der Waals surface area contributed by atoms with Crippen LogP contribution < -0.4 is 5.32 Å². The van der Waals surface area contributed by atoms with Crippen LogP contribution in [0.4, 0.5) is 0 Å². The maximum atomic E-state index is 12.0. The molecule has 8 rings (SSSR count). The van der Waals surface area contributed by atoms with Gasteiger partial charge in [-0.25, -0.2) is 19.6 Å². The van der Waals surface area contributed by atoms with Crippen molar-refractivity contribution >= 4 is 75.3 Å². The number of carboxylic acids is 2. The minimum absolute atomic E-state index is 0. The Morgan fingerprint density at radius 3 is 1.61 bits per heavy atom. The van der Waals surface area contributed by atoms with Crippen LogP contribution >= 0.6 is 35.6 Å². The Kier molecular flexibility index (Phi) is 13.3. The van der Waals surface area contributed by atoms with Crippen molar-refractivity contribution < 1.29 is 34.8 Å². The molecule has 0 aliphatic carbocycles. The molecule has 1 amide bonds. The van der Waals surface area contributed by atoms with Crippen LogP contribution in [-0.2, 0) is 43.6 Å². The van der Waals surface area contributed by atoms with Crippen molar-refractivity contribution in [3.8, 4) is 11.5 Å². The zero-order valence-electron chi connectivity index (χ0n) is 30.1. The second kappa shape index (κ2) is 17.8. The van der Waals surface area contributed by atoms with Gasteiger partial charge in [0, 0.05) is 65.8 Å². The number of carbonyl (C=O) groups is 3. The number of halogens is 3. The first kappa shape index (κ1) is 42.7. The zero-order valence-corrected chi connectivity index (χ0v) is 32.4. The summed E-state index contributed by atoms with van der Waals surface area (Å²) in [5.41, 5.74) is 7.36. The third-order valence-electron chi connectivity index (χ3n) is 10.1. The van der Waals surface area contributed by atoms with Gasteiger partial charge in [-0.05, 0) is 71.5 Å². The lowest BCUT2D eigenvalue weighted by Crippen LogP contribution is -2.34. The Morgan fingerprint density at radius 1 is 0.702 bits per heavy atom. The second-order valence-corrected chi connectivity index (χ2v) is 14.5. The van der Waals surface area contributed by atoms with Crippen molar-refractivity contribution in [1.29, 1.82) is 0 Å². The van der Waals surface area contributed by atoms with Crippen LogP contribution in [-0.4, -0.2) is 66.2 Å². The Morgan fingerprint density at radius 2 is 1.16 bits per heavy atom. The van der Waals surface area contributed by atoms with Gasteiger partial charge in [0.15, 0.2) is 11.5 Å². The molecule has 0 radical (unpaired) electrons. The normalized spacial score (nSPS) is 13.0. The molecule has 0 saturated carbocycles. The summed E-state index contributed by atoms with van der Waals surface area (Å²) in [4.78, 5) is 46.7. The lowest BCUT2D eigenvalue weighted by molar-refractivity contribution is -0.129. The van der Waals surface area contributed by atoms with E-state index in [1.54, 1.807) is 41.3 Å². The predicted molar refractivity (Wildman–Crippen MR) is 223 cm³/mol. The molecule has 0 saturated heterocycles. The van der Waals surface area contributed by atoms with Crippen molar-refractivity contribution in [3.63, 3.8) is 0 Å². The molecule has 0 atom stereocenters. The van der Waals surface area contributed by atoms with Crippen LogP contribution in [0, 0.1) is 0 Å². The molecule has 11 nitrogen and oxygen atoms in total. The Labute approximate surface area is 345 Å². The highest BCUT2D eigenvalue weighted by atomic mass is 35.5. The number of aromatic carboxylic acids is 2. The predicted octanol–water partition coefficient (Wildman–Crippen LogP) is 8.37. The molecule has 4 heterocycles. The van der Waals surface area contributed by atoms with Gasteiger partial charge in [-0.15, -0.1) is 12.4 Å². The minimum Gasteiger partial charge on any atom is -0.505 e. The van der Waals surface area contributed by atoms with Gasteiger partial charge in [0.25, 0.3) is 0 Å². The number of hydrogen-bond donors (Lipinski definition) is 5. The highest BCUT2D eigenvalue weighted by Crippen LogP contribution is 2.36. The molecule has 4 aromatic carbocycles. The largest absolute Gasteiger partial charge is 0.505 e. The fourth-order valence-electron chi connectivity index (χ4n) is 7.28. The zero-order chi connectivity index (χ0) is 39.0. The van der Waals surface area contributed by atoms with E-state index in [-0.39, 0.29) is 60.5 Å². The van der Waals surface area contributed by atoms with Crippen LogP contribution in [0.15, 0.2) is 72.8 Å². The standard InChI is InChI=1S/C22H19ClN2O4.C20H17ClN2O3.CH4.ClH/c1-12(26)25-9-8-14-4-7-16-19(22(28)29)21(27)18(24-20(16)17(14)11-25)10-13-2-5-15(23)6-3-13;21-13-4-1-11(2-5-13)9-16-19(24)17(20(25)26)14-6-3-12-7-8-22-10-15(12)18(14)23-16;;/h2-7,27H,8-11H2,1H3,(H,28,29);1-6,22,24H,7-10H2,(H,25,26);1H4;1H. The van der Waals surface area contributed by atoms with E-state index >= 15 is 0 Å². The van der Waals surface area contributed by atoms with Crippen LogP contribution in [0.2, 0.25) is 10.0 Å². The number of carbonyl (C=O) groups excluding carboxylic acids is 1. The first-order valence-electron chi connectivity index (χ1n) is 17.6. The van der Waals surface area contributed by atoms with E-state index in [2.05, 4.69) is 15.3 Å². The molecule has 0 unspecified atom stereocenters. The summed E-state index contributed by atoms with van der Waals surface area (Å²) in [6, 6.07) is 21.6. The van der Waals surface area contributed by atoms with Gasteiger partial charge < -0.3 is 30.6 Å². The number of aromatic hydroxyl groups is 2. The van der Waals surface area contributed by atoms with Gasteiger partial charge in [-0.3, -0.25) is 4.79 Å². The smallest absolute Gasteiger partial charge is 0.340 e. The number of hydrogen-bond acceptors (Lipinski definition) is 8. The van der Waals surface area contributed by atoms with Crippen LogP contribution in [0.3, 0.4) is 0 Å². The summed E-state index contributed by atoms with van der Waals surface area (Å²) < 4.78 is 0. The van der Waals surface area contributed by atoms with Crippen molar-refractivity contribution in [2.45, 2.75) is 53.1 Å². The first-order valence-corrected chi connectivity index (χ1v) is 18.4. The molecule has 0 fully saturated rings. The lowest BCUT2D eigenvalue weighted by Gasteiger charge is -2.29. The maximum absolute atomic E-state index is 12.0. The van der Waals surface area contributed by atoms with Gasteiger partial charge in [0.2, 0.25) is 5.91 Å². The Hall–Kier alpha value is -5.46. The van der Waals surface area contributed by atoms with E-state index in [1.807, 2.05) is 36.4 Å². The summed E-state index contributed by atoms with van der Waals surface area (Å²) >= 11 is 11.9. The minimum atomic E-state index is -1.22. The van der Waals surface area contributed by atoms with Gasteiger partial charge >= 0.3 is 11.9 Å². The van der Waals surface area contributed by atoms with Gasteiger partial charge in [0.1, 0.15) is 11.1 Å². The number of nitrogens with zero attached hydrogens (tertiary/aromatic N) is 3. The number of rotatable bonds is 6. The first-order chi connectivity index (χ1) is 26.4. The fourth-order valence-corrected chi connectivity index (χ4v) is 7.53. The summed E-state index contributed by atoms with van der Waals surface area (Å²) in [6.07, 6.45) is 2.15. The summed E-state index contributed by atoms with van der Waals surface area (Å²) in [7, 11) is 0. The topological polar surface area (TPSA) is 173 Å². The molecule has 296 valence electrons. The number of nitrogens with one attached hydrogen (secondary N) is 1. The Bertz CT molecular complexity index is 2510. The summed E-state index contributed by atoms with van der Waals surface area (Å²) in [6.45, 7) is 4.04. The number of aromatic nitrogens is 2. The van der Waals surface area contributed by atoms with E-state index in [9.17, 15) is 34.8 Å². The molecule has 2 aliphatic heterocycles. The number of amides is 1. The van der Waals surface area contributed by atoms with Gasteiger partial charge in [-0.1, -0.05) is 79.2 Å². The lowest BCUT2D eigenvalue weighted by atomic mass is 9.93. The maximum Gasteiger partial charge on any atom is 0.340 e. The third kappa shape index (κ3) is 8.77. The van der Waals surface area contributed by atoms with Crippen molar-refractivity contribution in [2.24, 2.45) is 0 Å². The molecule has 2 aromatic heterocycles. The van der Waals surface area contributed by atoms with E-state index in [0.717, 1.165) is 40.8 Å². The quantitative estimate of drug-likeness (QED) is 0.110. The van der Waals surface area contributed by atoms with Crippen molar-refractivity contribution in [1.82, 2.24) is 20.2 Å². The number of carboxylic acid groups (broad SMARTS) is 2. The molecule has 0 bridgehead atoms. The molecule has 2 aliphatic rings. The van der Waals surface area contributed by atoms with Crippen molar-refractivity contribution in [3.05, 3.63) is 139 Å². The molecule has 6 aromatic rings. The average Bonchev–Trinajstić information content (AvgIpc) is 3.16. The summed E-state index contributed by atoms with van der Waals surface area (Å²) in [5.74, 6) is -3.02. The van der Waals surface area contributed by atoms with Gasteiger partial charge in [0.05, 0.1) is 22.4 Å². The fraction of sp³-hybridized carbons (Fsp3) is 0.233. The number of fused-ring (bicyclic) bond motifs is 6. The SMILES string of the molecule is C.CC(=O)N1CCc2ccc3c(C(=O)O)c(O)c(Cc4ccc(Cl)cc4)nc3c2C1.Cl.O=C(O)c1c(O)c(Cc2ccc(Cl)cc2)nc2c3c(ccc12)CCNC3. The van der Waals surface area contributed by atoms with Crippen LogP contribution in [0.25, 0.3) is 21.8 Å². The molecule has 0 spiro atoms. The number of pyridine rings is 2. The molecular formula is C43H41Cl3N4O7. The monoisotopic (exact) mass is 830 g/mol.